The van der Waals surface area contributed by atoms with E-state index >= 15 is 0 Å². The molecule has 412 valence electrons. The third kappa shape index (κ3) is 9.93. The number of pyridine rings is 2. The van der Waals surface area contributed by atoms with Crippen LogP contribution in [0, 0.1) is 41.5 Å². The van der Waals surface area contributed by atoms with Crippen LogP contribution >= 0.6 is 0 Å². The second-order valence-corrected chi connectivity index (χ2v) is 22.9. The molecular weight excluding hydrogens is 981 g/mol. The van der Waals surface area contributed by atoms with Crippen molar-refractivity contribution in [1.29, 1.82) is 0 Å². The Labute approximate surface area is 457 Å². The van der Waals surface area contributed by atoms with Crippen molar-refractivity contribution in [3.8, 4) is 34.3 Å². The fourth-order valence-electron chi connectivity index (χ4n) is 13.0. The first kappa shape index (κ1) is 52.0. The van der Waals surface area contributed by atoms with E-state index in [0.717, 1.165) is 173 Å². The Kier molecular flexibility index (Phi) is 14.1. The molecule has 12 rings (SSSR count). The topological polar surface area (TPSA) is 175 Å². The first-order valence-electron chi connectivity index (χ1n) is 28.4. The van der Waals surface area contributed by atoms with E-state index in [1.54, 1.807) is 0 Å². The maximum absolute atomic E-state index is 7.22. The number of likely N-dealkylation sites (N-methyl/N-ethyl adjacent to an activating group) is 2. The summed E-state index contributed by atoms with van der Waals surface area (Å²) in [7, 11) is 6.29. The highest BCUT2D eigenvalue weighted by molar-refractivity contribution is 5.94. The summed E-state index contributed by atoms with van der Waals surface area (Å²) in [5.74, 6) is 1.34. The van der Waals surface area contributed by atoms with Gasteiger partial charge in [-0.25, -0.2) is 14.0 Å². The quantitative estimate of drug-likeness (QED) is 0.161. The molecule has 12 heterocycles. The lowest BCUT2D eigenvalue weighted by molar-refractivity contribution is 0.145. The smallest absolute Gasteiger partial charge is 0.223 e. The number of fused-ring (bicyclic) bond motifs is 8. The van der Waals surface area contributed by atoms with Gasteiger partial charge in [0.25, 0.3) is 0 Å². The summed E-state index contributed by atoms with van der Waals surface area (Å²) in [4.78, 5) is 20.4. The summed E-state index contributed by atoms with van der Waals surface area (Å²) in [5.41, 5.74) is 17.3. The molecular formula is C58H78N18O2. The molecule has 0 radical (unpaired) electrons. The van der Waals surface area contributed by atoms with Crippen molar-refractivity contribution in [2.45, 2.75) is 139 Å². The summed E-state index contributed by atoms with van der Waals surface area (Å²) in [6.07, 6.45) is 10.6. The number of hydrogen-bond acceptors (Lipinski definition) is 14. The van der Waals surface area contributed by atoms with Crippen molar-refractivity contribution >= 4 is 34.0 Å². The lowest BCUT2D eigenvalue weighted by atomic mass is 10.0. The lowest BCUT2D eigenvalue weighted by Gasteiger charge is -2.24. The number of nitrogens with one attached hydrogen (secondary N) is 1. The van der Waals surface area contributed by atoms with Gasteiger partial charge < -0.3 is 19.3 Å². The summed E-state index contributed by atoms with van der Waals surface area (Å²) < 4.78 is 24.5. The van der Waals surface area contributed by atoms with Gasteiger partial charge in [0.15, 0.2) is 0 Å². The van der Waals surface area contributed by atoms with Crippen molar-refractivity contribution in [3.05, 3.63) is 80.2 Å². The highest BCUT2D eigenvalue weighted by Crippen LogP contribution is 2.39. The first-order valence-corrected chi connectivity index (χ1v) is 28.4. The summed E-state index contributed by atoms with van der Waals surface area (Å²) in [6.45, 7) is 28.3. The minimum absolute atomic E-state index is 0.124. The Hall–Kier alpha value is -6.74. The minimum Gasteiger partial charge on any atom is -0.473 e. The Bertz CT molecular complexity index is 3550. The molecule has 0 saturated carbocycles. The number of ether oxygens (including phenoxy) is 2. The Morgan fingerprint density at radius 1 is 0.577 bits per heavy atom. The van der Waals surface area contributed by atoms with Gasteiger partial charge in [0, 0.05) is 68.3 Å². The van der Waals surface area contributed by atoms with Crippen LogP contribution in [0.15, 0.2) is 12.1 Å². The van der Waals surface area contributed by atoms with E-state index in [9.17, 15) is 0 Å². The largest absolute Gasteiger partial charge is 0.473 e. The van der Waals surface area contributed by atoms with Crippen LogP contribution in [0.2, 0.25) is 0 Å². The zero-order chi connectivity index (χ0) is 54.1. The molecule has 0 amide bonds. The third-order valence-electron chi connectivity index (χ3n) is 16.7. The van der Waals surface area contributed by atoms with Gasteiger partial charge in [-0.15, -0.1) is 0 Å². The van der Waals surface area contributed by atoms with Crippen LogP contribution in [0.4, 0.5) is 0 Å². The molecule has 0 aromatic carbocycles. The number of likely N-dealkylation sites (tertiary alicyclic amines) is 2. The van der Waals surface area contributed by atoms with Crippen LogP contribution in [-0.2, 0) is 52.7 Å². The average Bonchev–Trinajstić information content (AvgIpc) is 4.31. The second kappa shape index (κ2) is 21.1. The van der Waals surface area contributed by atoms with Crippen LogP contribution in [0.1, 0.15) is 108 Å². The average molecular weight is 1060 g/mol. The molecule has 2 saturated heterocycles. The Balaban J connectivity index is 0.946. The fraction of sp³-hybridized carbons (Fsp3) is 0.552. The monoisotopic (exact) mass is 1060 g/mol. The van der Waals surface area contributed by atoms with Crippen molar-refractivity contribution in [3.63, 3.8) is 0 Å². The molecule has 4 aliphatic rings. The zero-order valence-corrected chi connectivity index (χ0v) is 47.8. The normalized spacial score (nSPS) is 19.6. The molecule has 4 bridgehead atoms. The van der Waals surface area contributed by atoms with Crippen LogP contribution in [0.3, 0.4) is 0 Å². The maximum atomic E-state index is 7.22. The number of aryl methyl sites for hydroxylation is 7. The highest BCUT2D eigenvalue weighted by Gasteiger charge is 2.30. The molecule has 2 fully saturated rings. The van der Waals surface area contributed by atoms with Crippen molar-refractivity contribution in [1.82, 2.24) is 88.7 Å². The third-order valence-corrected chi connectivity index (χ3v) is 16.7. The van der Waals surface area contributed by atoms with Crippen LogP contribution in [0.5, 0.6) is 11.8 Å². The number of H-pyrrole nitrogens is 1. The van der Waals surface area contributed by atoms with E-state index in [4.69, 9.17) is 50.0 Å². The van der Waals surface area contributed by atoms with E-state index in [1.807, 2.05) is 37.2 Å². The van der Waals surface area contributed by atoms with E-state index in [-0.39, 0.29) is 18.9 Å². The molecule has 0 aliphatic carbocycles. The van der Waals surface area contributed by atoms with Crippen molar-refractivity contribution < 1.29 is 9.47 Å². The van der Waals surface area contributed by atoms with Gasteiger partial charge >= 0.3 is 0 Å². The van der Waals surface area contributed by atoms with Gasteiger partial charge in [0.05, 0.1) is 92.4 Å². The molecule has 20 nitrogen and oxygen atoms in total. The maximum Gasteiger partial charge on any atom is 0.223 e. The number of aromatic nitrogens is 14. The van der Waals surface area contributed by atoms with E-state index < -0.39 is 0 Å². The summed E-state index contributed by atoms with van der Waals surface area (Å²) >= 11 is 0. The van der Waals surface area contributed by atoms with E-state index in [0.29, 0.717) is 31.3 Å². The molecule has 1 N–H and O–H groups in total. The van der Waals surface area contributed by atoms with Crippen LogP contribution in [0.25, 0.3) is 56.5 Å². The van der Waals surface area contributed by atoms with Gasteiger partial charge in [0.1, 0.15) is 24.4 Å². The van der Waals surface area contributed by atoms with Gasteiger partial charge in [-0.1, -0.05) is 0 Å². The van der Waals surface area contributed by atoms with Gasteiger partial charge in [-0.3, -0.25) is 34.2 Å². The number of rotatable bonds is 8. The number of nitrogens with zero attached hydrogens (tertiary/aromatic N) is 17. The van der Waals surface area contributed by atoms with Crippen molar-refractivity contribution in [2.75, 3.05) is 66.5 Å². The van der Waals surface area contributed by atoms with Gasteiger partial charge in [-0.2, -0.15) is 30.6 Å². The van der Waals surface area contributed by atoms with E-state index in [2.05, 4.69) is 112 Å². The van der Waals surface area contributed by atoms with Gasteiger partial charge in [-0.05, 0) is 164 Å². The predicted molar refractivity (Wildman–Crippen MR) is 304 cm³/mol. The zero-order valence-electron chi connectivity index (χ0n) is 47.8. The fourth-order valence-corrected chi connectivity index (χ4v) is 13.0. The second-order valence-electron chi connectivity index (χ2n) is 22.9. The Morgan fingerprint density at radius 3 is 1.90 bits per heavy atom. The number of hydrogen-bond donors (Lipinski definition) is 1. The molecule has 20 heteroatoms. The SMILES string of the molecule is Cc1nn(CCN2CCCC2)c2c1CCc1nn(Cn3nc(C)c4c3O[C@@H](C)CN(C)Cc3nn(CCN5CCCC5)c(C)c3/C=C/c3[nH]nc5c(C)nc-4cc35)c3c(C)nc(cc13)-c1c(C)nn(C)c1O[C@@H](C)CN(C)C2. The van der Waals surface area contributed by atoms with Gasteiger partial charge in [0.2, 0.25) is 11.8 Å². The molecule has 0 unspecified atom stereocenters. The van der Waals surface area contributed by atoms with Crippen molar-refractivity contribution in [2.24, 2.45) is 7.05 Å². The molecule has 78 heavy (non-hydrogen) atoms. The lowest BCUT2D eigenvalue weighted by Crippen LogP contribution is -2.32. The number of aromatic amines is 1. The standard InChI is InChI=1S/C58H78N18O2/c1-35-31-69(10)33-52-43(37(3)64-74(52)27-25-72-22-14-15-23-72)16-19-48-46-29-50(53-38(4)63-70(11)57(53)77-35)60-41(7)56(46)75(66-48)34-76-58-54(39(5)65-76)49-28-45-47(61-62-55(45)40(6)59-49)18-17-44-42(8)73(26-24-71-20-12-13-21-71)67-51(44)32-68(9)30-36(2)78-58/h17-18,28-29,35-36H,12-16,19-27,30-34H2,1-11H3,(H,61,62)/b18-17+/t35-,36-/m0/s1. The first-order chi connectivity index (χ1) is 37.6. The Morgan fingerprint density at radius 2 is 1.18 bits per heavy atom. The van der Waals surface area contributed by atoms with Crippen LogP contribution in [-0.4, -0.2) is 167 Å². The summed E-state index contributed by atoms with van der Waals surface area (Å²) in [5, 5.41) is 36.4. The van der Waals surface area contributed by atoms with E-state index in [1.165, 1.54) is 36.9 Å². The molecule has 8 aromatic rings. The highest BCUT2D eigenvalue weighted by atomic mass is 16.5. The molecule has 2 atom stereocenters. The molecule has 4 aliphatic heterocycles. The summed E-state index contributed by atoms with van der Waals surface area (Å²) in [6, 6.07) is 4.33. The molecule has 8 aromatic heterocycles. The molecule has 0 spiro atoms. The minimum atomic E-state index is -0.238. The predicted octanol–water partition coefficient (Wildman–Crippen LogP) is 7.29. The van der Waals surface area contributed by atoms with Crippen LogP contribution < -0.4 is 9.47 Å².